The summed E-state index contributed by atoms with van der Waals surface area (Å²) in [6, 6.07) is 0. The molecule has 3 rings (SSSR count). The van der Waals surface area contributed by atoms with Crippen LogP contribution in [0.1, 0.15) is 19.7 Å². The summed E-state index contributed by atoms with van der Waals surface area (Å²) in [5.74, 6) is 1.04. The fraction of sp³-hybridized carbons (Fsp3) is 0.538. The van der Waals surface area contributed by atoms with E-state index in [0.29, 0.717) is 30.4 Å². The van der Waals surface area contributed by atoms with Crippen LogP contribution in [0.4, 0.5) is 5.82 Å². The molecule has 8 nitrogen and oxygen atoms in total. The summed E-state index contributed by atoms with van der Waals surface area (Å²) in [6.07, 6.45) is 1.66. The number of nitrogen functional groups attached to an aromatic ring is 1. The third kappa shape index (κ3) is 2.21. The molecule has 1 saturated heterocycles. The van der Waals surface area contributed by atoms with E-state index in [1.165, 1.54) is 0 Å². The minimum Gasteiger partial charge on any atom is -0.383 e. The van der Waals surface area contributed by atoms with E-state index in [9.17, 15) is 4.79 Å². The summed E-state index contributed by atoms with van der Waals surface area (Å²) >= 11 is 0. The van der Waals surface area contributed by atoms with Crippen molar-refractivity contribution in [1.82, 2.24) is 30.0 Å². The Bertz CT molecular complexity index is 706. The van der Waals surface area contributed by atoms with Gasteiger partial charge in [0.05, 0.1) is 23.7 Å². The molecule has 0 bridgehead atoms. The van der Waals surface area contributed by atoms with Gasteiger partial charge >= 0.3 is 0 Å². The van der Waals surface area contributed by atoms with Crippen LogP contribution in [0.5, 0.6) is 0 Å². The van der Waals surface area contributed by atoms with Crippen LogP contribution in [-0.4, -0.2) is 49.2 Å². The number of carbonyl (C=O) groups excluding carboxylic acids is 1. The van der Waals surface area contributed by atoms with Gasteiger partial charge in [0.15, 0.2) is 5.65 Å². The third-order valence-electron chi connectivity index (χ3n) is 4.01. The highest BCUT2D eigenvalue weighted by atomic mass is 16.2. The summed E-state index contributed by atoms with van der Waals surface area (Å²) in [5.41, 5.74) is 6.09. The fourth-order valence-corrected chi connectivity index (χ4v) is 2.55. The quantitative estimate of drug-likeness (QED) is 0.784. The molecule has 3 N–H and O–H groups in total. The Balaban J connectivity index is 1.94. The molecular formula is C13H19N7O. The van der Waals surface area contributed by atoms with Gasteiger partial charge in [-0.15, -0.1) is 0 Å². The number of aromatic nitrogens is 4. The first-order chi connectivity index (χ1) is 9.89. The van der Waals surface area contributed by atoms with E-state index in [-0.39, 0.29) is 5.91 Å². The van der Waals surface area contributed by atoms with Crippen molar-refractivity contribution < 1.29 is 4.79 Å². The number of nitrogens with two attached hydrogens (primary N) is 1. The third-order valence-corrected chi connectivity index (χ3v) is 4.01. The molecule has 2 aromatic rings. The van der Waals surface area contributed by atoms with Crippen molar-refractivity contribution in [2.24, 2.45) is 7.05 Å². The van der Waals surface area contributed by atoms with E-state index in [1.807, 2.05) is 20.9 Å². The molecule has 2 aromatic heterocycles. The van der Waals surface area contributed by atoms with Crippen molar-refractivity contribution in [3.8, 4) is 0 Å². The molecule has 0 radical (unpaired) electrons. The standard InChI is InChI=1S/C13H19N7O/c1-13(2)12(21)15-4-5-20(13)7-9-17-10(14)8-6-16-19(3)11(8)18-9/h6H,4-5,7H2,1-3H3,(H,15,21)(H2,14,17,18). The molecule has 0 atom stereocenters. The summed E-state index contributed by atoms with van der Waals surface area (Å²) < 4.78 is 1.67. The monoisotopic (exact) mass is 289 g/mol. The number of hydrogen-bond acceptors (Lipinski definition) is 6. The van der Waals surface area contributed by atoms with Crippen LogP contribution in [0.25, 0.3) is 11.0 Å². The maximum Gasteiger partial charge on any atom is 0.240 e. The molecule has 0 spiro atoms. The molecule has 0 unspecified atom stereocenters. The Morgan fingerprint density at radius 3 is 2.95 bits per heavy atom. The lowest BCUT2D eigenvalue weighted by molar-refractivity contribution is -0.135. The lowest BCUT2D eigenvalue weighted by Crippen LogP contribution is -2.61. The lowest BCUT2D eigenvalue weighted by atomic mass is 9.99. The summed E-state index contributed by atoms with van der Waals surface area (Å²) in [7, 11) is 1.82. The van der Waals surface area contributed by atoms with Crippen molar-refractivity contribution in [3.05, 3.63) is 12.0 Å². The highest BCUT2D eigenvalue weighted by molar-refractivity contribution is 5.86. The number of carbonyl (C=O) groups is 1. The van der Waals surface area contributed by atoms with Crippen molar-refractivity contribution >= 4 is 22.8 Å². The Morgan fingerprint density at radius 1 is 1.43 bits per heavy atom. The molecule has 1 fully saturated rings. The molecule has 0 aromatic carbocycles. The molecule has 0 saturated carbocycles. The predicted molar refractivity (Wildman–Crippen MR) is 78.2 cm³/mol. The van der Waals surface area contributed by atoms with Crippen LogP contribution >= 0.6 is 0 Å². The van der Waals surface area contributed by atoms with E-state index in [2.05, 4.69) is 25.3 Å². The van der Waals surface area contributed by atoms with Crippen LogP contribution in [0.3, 0.4) is 0 Å². The number of fused-ring (bicyclic) bond motifs is 1. The van der Waals surface area contributed by atoms with Crippen molar-refractivity contribution in [2.75, 3.05) is 18.8 Å². The van der Waals surface area contributed by atoms with E-state index >= 15 is 0 Å². The predicted octanol–water partition coefficient (Wildman–Crippen LogP) is -0.344. The SMILES string of the molecule is Cn1ncc2c(N)nc(CN3CCNC(=O)C3(C)C)nc21. The first-order valence-electron chi connectivity index (χ1n) is 6.87. The Labute approximate surface area is 122 Å². The molecule has 0 aliphatic carbocycles. The van der Waals surface area contributed by atoms with Gasteiger partial charge in [-0.2, -0.15) is 5.10 Å². The van der Waals surface area contributed by atoms with E-state index < -0.39 is 5.54 Å². The van der Waals surface area contributed by atoms with Gasteiger partial charge in [0.2, 0.25) is 5.91 Å². The van der Waals surface area contributed by atoms with Gasteiger partial charge in [-0.3, -0.25) is 14.4 Å². The van der Waals surface area contributed by atoms with Gasteiger partial charge in [0.1, 0.15) is 11.6 Å². The number of anilines is 1. The summed E-state index contributed by atoms with van der Waals surface area (Å²) in [5, 5.41) is 7.76. The lowest BCUT2D eigenvalue weighted by Gasteiger charge is -2.40. The van der Waals surface area contributed by atoms with E-state index in [0.717, 1.165) is 11.9 Å². The molecule has 1 aliphatic rings. The highest BCUT2D eigenvalue weighted by Gasteiger charge is 2.37. The molecule has 8 heteroatoms. The van der Waals surface area contributed by atoms with Crippen molar-refractivity contribution in [2.45, 2.75) is 25.9 Å². The van der Waals surface area contributed by atoms with Crippen molar-refractivity contribution in [3.63, 3.8) is 0 Å². The van der Waals surface area contributed by atoms with Crippen LogP contribution in [-0.2, 0) is 18.4 Å². The summed E-state index contributed by atoms with van der Waals surface area (Å²) in [4.78, 5) is 22.9. The molecular weight excluding hydrogens is 270 g/mol. The normalized spacial score (nSPS) is 18.9. The second-order valence-corrected chi connectivity index (χ2v) is 5.77. The van der Waals surface area contributed by atoms with Crippen LogP contribution in [0.15, 0.2) is 6.20 Å². The number of rotatable bonds is 2. The van der Waals surface area contributed by atoms with E-state index in [1.54, 1.807) is 10.9 Å². The van der Waals surface area contributed by atoms with Gasteiger partial charge in [0.25, 0.3) is 0 Å². The molecule has 1 amide bonds. The molecule has 112 valence electrons. The van der Waals surface area contributed by atoms with E-state index in [4.69, 9.17) is 5.73 Å². The fourth-order valence-electron chi connectivity index (χ4n) is 2.55. The second kappa shape index (κ2) is 4.66. The number of piperazine rings is 1. The first-order valence-corrected chi connectivity index (χ1v) is 6.87. The van der Waals surface area contributed by atoms with Gasteiger partial charge < -0.3 is 11.1 Å². The molecule has 21 heavy (non-hydrogen) atoms. The molecule has 1 aliphatic heterocycles. The van der Waals surface area contributed by atoms with Gasteiger partial charge in [-0.05, 0) is 13.8 Å². The smallest absolute Gasteiger partial charge is 0.240 e. The average molecular weight is 289 g/mol. The largest absolute Gasteiger partial charge is 0.383 e. The number of hydrogen-bond donors (Lipinski definition) is 2. The summed E-state index contributed by atoms with van der Waals surface area (Å²) in [6.45, 7) is 5.66. The van der Waals surface area contributed by atoms with Gasteiger partial charge in [-0.1, -0.05) is 0 Å². The average Bonchev–Trinajstić information content (AvgIpc) is 2.78. The Kier molecular flexibility index (Phi) is 3.05. The van der Waals surface area contributed by atoms with Crippen LogP contribution in [0.2, 0.25) is 0 Å². The zero-order chi connectivity index (χ0) is 15.2. The number of amides is 1. The number of nitrogens with zero attached hydrogens (tertiary/aromatic N) is 5. The number of aryl methyl sites for hydroxylation is 1. The highest BCUT2D eigenvalue weighted by Crippen LogP contribution is 2.22. The second-order valence-electron chi connectivity index (χ2n) is 5.77. The van der Waals surface area contributed by atoms with Crippen LogP contribution < -0.4 is 11.1 Å². The zero-order valence-corrected chi connectivity index (χ0v) is 12.4. The number of nitrogens with one attached hydrogen (secondary N) is 1. The van der Waals surface area contributed by atoms with Gasteiger partial charge in [0, 0.05) is 20.1 Å². The zero-order valence-electron chi connectivity index (χ0n) is 12.4. The van der Waals surface area contributed by atoms with Gasteiger partial charge in [-0.25, -0.2) is 9.97 Å². The van der Waals surface area contributed by atoms with Crippen molar-refractivity contribution in [1.29, 1.82) is 0 Å². The first kappa shape index (κ1) is 13.7. The van der Waals surface area contributed by atoms with Crippen LogP contribution in [0, 0.1) is 0 Å². The Morgan fingerprint density at radius 2 is 2.19 bits per heavy atom. The minimum absolute atomic E-state index is 0.0170. The maximum absolute atomic E-state index is 12.0. The topological polar surface area (TPSA) is 102 Å². The Hall–Kier alpha value is -2.22. The maximum atomic E-state index is 12.0. The minimum atomic E-state index is -0.586. The molecule has 3 heterocycles.